The van der Waals surface area contributed by atoms with Gasteiger partial charge in [0.15, 0.2) is 0 Å². The zero-order valence-corrected chi connectivity index (χ0v) is 20.2. The quantitative estimate of drug-likeness (QED) is 0.250. The number of hydrogen-bond donors (Lipinski definition) is 0. The zero-order valence-electron chi connectivity index (χ0n) is 20.2. The van der Waals surface area contributed by atoms with Crippen molar-refractivity contribution in [1.29, 1.82) is 0 Å². The Hall–Kier alpha value is -4.82. The molecule has 2 heteroatoms. The summed E-state index contributed by atoms with van der Waals surface area (Å²) in [5.74, 6) is 0. The molecule has 2 heterocycles. The summed E-state index contributed by atoms with van der Waals surface area (Å²) in [4.78, 5) is 0. The molecule has 0 amide bonds. The molecule has 0 spiro atoms. The Morgan fingerprint density at radius 3 is 1.76 bits per heavy atom. The normalized spacial score (nSPS) is 11.9. The number of aromatic nitrogens is 1. The average molecular weight is 474 g/mol. The third-order valence-electron chi connectivity index (χ3n) is 7.64. The van der Waals surface area contributed by atoms with Crippen molar-refractivity contribution in [1.82, 2.24) is 4.57 Å². The van der Waals surface area contributed by atoms with Crippen molar-refractivity contribution in [3.05, 3.63) is 139 Å². The minimum Gasteiger partial charge on any atom is -0.456 e. The van der Waals surface area contributed by atoms with E-state index in [0.29, 0.717) is 0 Å². The van der Waals surface area contributed by atoms with Crippen molar-refractivity contribution in [3.8, 4) is 5.69 Å². The highest BCUT2D eigenvalue weighted by atomic mass is 16.3. The Morgan fingerprint density at radius 2 is 1.05 bits per heavy atom. The monoisotopic (exact) mass is 473 g/mol. The molecule has 0 fully saturated rings. The summed E-state index contributed by atoms with van der Waals surface area (Å²) in [7, 11) is 0. The fraction of sp³-hybridized carbons (Fsp3) is 0.0286. The van der Waals surface area contributed by atoms with E-state index in [2.05, 4.69) is 126 Å². The van der Waals surface area contributed by atoms with E-state index in [-0.39, 0.29) is 0 Å². The summed E-state index contributed by atoms with van der Waals surface area (Å²) in [6.07, 6.45) is 0.848. The Balaban J connectivity index is 1.25. The van der Waals surface area contributed by atoms with Gasteiger partial charge in [-0.3, -0.25) is 0 Å². The Morgan fingerprint density at radius 1 is 0.486 bits per heavy atom. The molecule has 2 aromatic heterocycles. The molecule has 0 aliphatic carbocycles. The van der Waals surface area contributed by atoms with Crippen molar-refractivity contribution in [2.75, 3.05) is 0 Å². The molecule has 6 aromatic carbocycles. The summed E-state index contributed by atoms with van der Waals surface area (Å²) in [5, 5.41) is 7.49. The number of benzene rings is 6. The number of nitrogens with zero attached hydrogens (tertiary/aromatic N) is 1. The third kappa shape index (κ3) is 3.06. The average Bonchev–Trinajstić information content (AvgIpc) is 3.49. The zero-order chi connectivity index (χ0) is 24.3. The highest BCUT2D eigenvalue weighted by Crippen LogP contribution is 2.37. The van der Waals surface area contributed by atoms with Crippen molar-refractivity contribution >= 4 is 54.5 Å². The summed E-state index contributed by atoms with van der Waals surface area (Å²) in [5.41, 5.74) is 8.11. The maximum Gasteiger partial charge on any atom is 0.136 e. The van der Waals surface area contributed by atoms with E-state index in [1.807, 2.05) is 6.07 Å². The van der Waals surface area contributed by atoms with Crippen LogP contribution in [-0.2, 0) is 6.42 Å². The smallest absolute Gasteiger partial charge is 0.136 e. The highest BCUT2D eigenvalue weighted by molar-refractivity contribution is 6.19. The van der Waals surface area contributed by atoms with Gasteiger partial charge in [-0.1, -0.05) is 91.0 Å². The lowest BCUT2D eigenvalue weighted by Crippen LogP contribution is -1.95. The van der Waals surface area contributed by atoms with Crippen LogP contribution >= 0.6 is 0 Å². The van der Waals surface area contributed by atoms with Crippen LogP contribution in [0.1, 0.15) is 11.1 Å². The van der Waals surface area contributed by atoms with E-state index < -0.39 is 0 Å². The van der Waals surface area contributed by atoms with Crippen molar-refractivity contribution in [3.63, 3.8) is 0 Å². The molecule has 0 atom stereocenters. The molecular weight excluding hydrogens is 450 g/mol. The molecular formula is C35H23NO. The van der Waals surface area contributed by atoms with Gasteiger partial charge in [0, 0.05) is 27.2 Å². The van der Waals surface area contributed by atoms with E-state index in [9.17, 15) is 0 Å². The lowest BCUT2D eigenvalue weighted by molar-refractivity contribution is 0.668. The summed E-state index contributed by atoms with van der Waals surface area (Å²) < 4.78 is 8.65. The maximum atomic E-state index is 6.29. The molecule has 0 aliphatic heterocycles. The minimum atomic E-state index is 0.848. The van der Waals surface area contributed by atoms with Gasteiger partial charge in [-0.25, -0.2) is 0 Å². The predicted octanol–water partition coefficient (Wildman–Crippen LogP) is 9.43. The van der Waals surface area contributed by atoms with Crippen LogP contribution in [0.2, 0.25) is 0 Å². The molecule has 0 unspecified atom stereocenters. The first kappa shape index (κ1) is 20.4. The summed E-state index contributed by atoms with van der Waals surface area (Å²) in [6.45, 7) is 0. The van der Waals surface area contributed by atoms with Crippen LogP contribution in [0.4, 0.5) is 0 Å². The van der Waals surface area contributed by atoms with Crippen LogP contribution in [0, 0.1) is 0 Å². The lowest BCUT2D eigenvalue weighted by Gasteiger charge is -2.11. The van der Waals surface area contributed by atoms with E-state index in [1.54, 1.807) is 0 Å². The van der Waals surface area contributed by atoms with Crippen LogP contribution in [0.25, 0.3) is 60.2 Å². The predicted molar refractivity (Wildman–Crippen MR) is 155 cm³/mol. The van der Waals surface area contributed by atoms with Gasteiger partial charge in [0.1, 0.15) is 11.2 Å². The molecule has 8 rings (SSSR count). The number of fused-ring (bicyclic) bond motifs is 8. The van der Waals surface area contributed by atoms with Gasteiger partial charge < -0.3 is 8.98 Å². The second-order valence-corrected chi connectivity index (χ2v) is 9.77. The van der Waals surface area contributed by atoms with Gasteiger partial charge in [-0.05, 0) is 64.7 Å². The van der Waals surface area contributed by atoms with Gasteiger partial charge >= 0.3 is 0 Å². The van der Waals surface area contributed by atoms with Crippen LogP contribution in [0.3, 0.4) is 0 Å². The molecule has 2 nitrogen and oxygen atoms in total. The highest BCUT2D eigenvalue weighted by Gasteiger charge is 2.15. The van der Waals surface area contributed by atoms with Crippen molar-refractivity contribution < 1.29 is 4.42 Å². The van der Waals surface area contributed by atoms with E-state index in [1.165, 1.54) is 60.2 Å². The summed E-state index contributed by atoms with van der Waals surface area (Å²) >= 11 is 0. The van der Waals surface area contributed by atoms with Crippen LogP contribution in [-0.4, -0.2) is 4.57 Å². The Bertz CT molecular complexity index is 2050. The molecule has 37 heavy (non-hydrogen) atoms. The number of rotatable bonds is 3. The largest absolute Gasteiger partial charge is 0.456 e. The standard InChI is InChI=1S/C35H23NO/c1-2-12-29-26(9-1)24(22-34-35(29)30-13-5-8-16-33(30)37-34)21-23-17-19-25(20-18-23)36-31-14-6-3-10-27(31)28-11-4-7-15-32(28)36/h1-20,22H,21H2. The number of hydrogen-bond acceptors (Lipinski definition) is 1. The van der Waals surface area contributed by atoms with Crippen LogP contribution < -0.4 is 0 Å². The molecule has 8 aromatic rings. The van der Waals surface area contributed by atoms with Gasteiger partial charge in [-0.15, -0.1) is 0 Å². The molecule has 0 bridgehead atoms. The fourth-order valence-electron chi connectivity index (χ4n) is 5.99. The van der Waals surface area contributed by atoms with Gasteiger partial charge in [-0.2, -0.15) is 0 Å². The van der Waals surface area contributed by atoms with E-state index >= 15 is 0 Å². The van der Waals surface area contributed by atoms with E-state index in [0.717, 1.165) is 17.6 Å². The molecule has 174 valence electrons. The van der Waals surface area contributed by atoms with Gasteiger partial charge in [0.05, 0.1) is 11.0 Å². The maximum absolute atomic E-state index is 6.29. The number of para-hydroxylation sites is 3. The first-order chi connectivity index (χ1) is 18.3. The summed E-state index contributed by atoms with van der Waals surface area (Å²) in [6, 6.07) is 45.6. The topological polar surface area (TPSA) is 18.1 Å². The SMILES string of the molecule is c1ccc2c(c1)oc1cc(Cc3ccc(-n4c5ccccc5c5ccccc54)cc3)c3ccccc3c12. The van der Waals surface area contributed by atoms with E-state index in [4.69, 9.17) is 4.42 Å². The second-order valence-electron chi connectivity index (χ2n) is 9.77. The number of furan rings is 1. The fourth-order valence-corrected chi connectivity index (χ4v) is 5.99. The molecule has 0 saturated heterocycles. The Labute approximate surface area is 214 Å². The molecule has 0 aliphatic rings. The molecule has 0 radical (unpaired) electrons. The third-order valence-corrected chi connectivity index (χ3v) is 7.64. The Kier molecular flexibility index (Phi) is 4.32. The van der Waals surface area contributed by atoms with Crippen LogP contribution in [0.5, 0.6) is 0 Å². The first-order valence-electron chi connectivity index (χ1n) is 12.7. The molecule has 0 N–H and O–H groups in total. The van der Waals surface area contributed by atoms with Crippen LogP contribution in [0.15, 0.2) is 132 Å². The first-order valence-corrected chi connectivity index (χ1v) is 12.7. The van der Waals surface area contributed by atoms with Crippen molar-refractivity contribution in [2.24, 2.45) is 0 Å². The van der Waals surface area contributed by atoms with Gasteiger partial charge in [0.25, 0.3) is 0 Å². The minimum absolute atomic E-state index is 0.848. The van der Waals surface area contributed by atoms with Crippen molar-refractivity contribution in [2.45, 2.75) is 6.42 Å². The molecule has 0 saturated carbocycles. The lowest BCUT2D eigenvalue weighted by atomic mass is 9.95. The second kappa shape index (κ2) is 7.84. The van der Waals surface area contributed by atoms with Gasteiger partial charge in [0.2, 0.25) is 0 Å².